The van der Waals surface area contributed by atoms with Crippen LogP contribution in [0.2, 0.25) is 0 Å². The number of benzene rings is 1. The van der Waals surface area contributed by atoms with Crippen molar-refractivity contribution in [2.45, 2.75) is 31.5 Å². The van der Waals surface area contributed by atoms with E-state index in [1.807, 2.05) is 20.8 Å². The molecule has 0 saturated carbocycles. The van der Waals surface area contributed by atoms with Crippen LogP contribution in [0.1, 0.15) is 20.8 Å². The highest BCUT2D eigenvalue weighted by Gasteiger charge is 2.14. The largest absolute Gasteiger partial charge is 0.351 e. The molecule has 0 saturated heterocycles. The molecule has 2 aromatic rings. The van der Waals surface area contributed by atoms with Gasteiger partial charge < -0.3 is 5.32 Å². The van der Waals surface area contributed by atoms with Gasteiger partial charge in [-0.05, 0) is 51.1 Å². The fourth-order valence-corrected chi connectivity index (χ4v) is 2.41. The van der Waals surface area contributed by atoms with Gasteiger partial charge in [0.2, 0.25) is 5.91 Å². The zero-order valence-electron chi connectivity index (χ0n) is 12.8. The van der Waals surface area contributed by atoms with Gasteiger partial charge in [-0.3, -0.25) is 4.79 Å². The van der Waals surface area contributed by atoms with Crippen LogP contribution in [0.4, 0.5) is 4.39 Å². The van der Waals surface area contributed by atoms with Crippen LogP contribution in [-0.4, -0.2) is 27.2 Å². The van der Waals surface area contributed by atoms with E-state index < -0.39 is 0 Å². The molecule has 0 bridgehead atoms. The predicted molar refractivity (Wildman–Crippen MR) is 86.0 cm³/mol. The van der Waals surface area contributed by atoms with Crippen LogP contribution in [-0.2, 0) is 4.79 Å². The fourth-order valence-electron chi connectivity index (χ4n) is 1.78. The second kappa shape index (κ2) is 6.87. The molecule has 0 radical (unpaired) electrons. The van der Waals surface area contributed by atoms with Gasteiger partial charge in [0.25, 0.3) is 0 Å². The molecular weight excluding hydrogens is 301 g/mol. The Balaban J connectivity index is 2.03. The molecule has 1 N–H and O–H groups in total. The molecule has 2 rings (SSSR count). The third kappa shape index (κ3) is 5.11. The Kier molecular flexibility index (Phi) is 5.13. The van der Waals surface area contributed by atoms with E-state index in [0.717, 1.165) is 5.56 Å². The van der Waals surface area contributed by atoms with E-state index in [9.17, 15) is 9.18 Å². The molecule has 0 aliphatic heterocycles. The molecule has 0 aliphatic rings. The van der Waals surface area contributed by atoms with E-state index in [1.54, 1.807) is 24.4 Å². The van der Waals surface area contributed by atoms with E-state index in [4.69, 9.17) is 0 Å². The summed E-state index contributed by atoms with van der Waals surface area (Å²) in [7, 11) is 0. The topological polar surface area (TPSA) is 54.9 Å². The number of carbonyl (C=O) groups is 1. The van der Waals surface area contributed by atoms with Crippen molar-refractivity contribution in [1.29, 1.82) is 0 Å². The maximum absolute atomic E-state index is 12.9. The SMILES string of the molecule is CC(C)(C)NC(=O)CSc1nccc(-c2ccc(F)cc2)n1. The minimum Gasteiger partial charge on any atom is -0.351 e. The van der Waals surface area contributed by atoms with Crippen molar-refractivity contribution in [3.8, 4) is 11.3 Å². The summed E-state index contributed by atoms with van der Waals surface area (Å²) in [5.74, 6) is -0.0935. The van der Waals surface area contributed by atoms with Gasteiger partial charge in [-0.1, -0.05) is 11.8 Å². The molecule has 1 aromatic heterocycles. The number of hydrogen-bond acceptors (Lipinski definition) is 4. The molecule has 0 unspecified atom stereocenters. The Morgan fingerprint density at radius 2 is 1.91 bits per heavy atom. The molecule has 22 heavy (non-hydrogen) atoms. The first-order chi connectivity index (χ1) is 10.3. The van der Waals surface area contributed by atoms with Crippen molar-refractivity contribution in [1.82, 2.24) is 15.3 Å². The summed E-state index contributed by atoms with van der Waals surface area (Å²) >= 11 is 1.27. The van der Waals surface area contributed by atoms with Crippen molar-refractivity contribution in [2.24, 2.45) is 0 Å². The second-order valence-electron chi connectivity index (χ2n) is 5.82. The first-order valence-corrected chi connectivity index (χ1v) is 7.85. The zero-order chi connectivity index (χ0) is 16.2. The molecule has 1 amide bonds. The molecule has 0 atom stereocenters. The average molecular weight is 319 g/mol. The number of amides is 1. The molecule has 1 heterocycles. The molecule has 116 valence electrons. The van der Waals surface area contributed by atoms with Crippen LogP contribution in [0.3, 0.4) is 0 Å². The minimum atomic E-state index is -0.286. The summed E-state index contributed by atoms with van der Waals surface area (Å²) in [6.07, 6.45) is 1.63. The van der Waals surface area contributed by atoms with Gasteiger partial charge in [-0.15, -0.1) is 0 Å². The van der Waals surface area contributed by atoms with Gasteiger partial charge in [0.05, 0.1) is 11.4 Å². The third-order valence-electron chi connectivity index (χ3n) is 2.62. The molecule has 0 fully saturated rings. The lowest BCUT2D eigenvalue weighted by Crippen LogP contribution is -2.41. The zero-order valence-corrected chi connectivity index (χ0v) is 13.6. The van der Waals surface area contributed by atoms with E-state index in [1.165, 1.54) is 23.9 Å². The van der Waals surface area contributed by atoms with E-state index in [2.05, 4.69) is 15.3 Å². The van der Waals surface area contributed by atoms with Crippen LogP contribution in [0, 0.1) is 5.82 Å². The Bertz CT molecular complexity index is 653. The van der Waals surface area contributed by atoms with Gasteiger partial charge in [-0.2, -0.15) is 0 Å². The van der Waals surface area contributed by atoms with Crippen LogP contribution in [0.15, 0.2) is 41.7 Å². The summed E-state index contributed by atoms with van der Waals surface area (Å²) in [6, 6.07) is 7.87. The van der Waals surface area contributed by atoms with Crippen LogP contribution in [0.5, 0.6) is 0 Å². The maximum atomic E-state index is 12.9. The van der Waals surface area contributed by atoms with E-state index in [-0.39, 0.29) is 23.0 Å². The van der Waals surface area contributed by atoms with E-state index >= 15 is 0 Å². The second-order valence-corrected chi connectivity index (χ2v) is 6.76. The first kappa shape index (κ1) is 16.4. The molecule has 6 heteroatoms. The van der Waals surface area contributed by atoms with Crippen LogP contribution < -0.4 is 5.32 Å². The van der Waals surface area contributed by atoms with Crippen molar-refractivity contribution in [2.75, 3.05) is 5.75 Å². The summed E-state index contributed by atoms with van der Waals surface area (Å²) in [5.41, 5.74) is 1.26. The lowest BCUT2D eigenvalue weighted by Gasteiger charge is -2.20. The highest BCUT2D eigenvalue weighted by Crippen LogP contribution is 2.20. The number of halogens is 1. The van der Waals surface area contributed by atoms with Crippen molar-refractivity contribution < 1.29 is 9.18 Å². The Hall–Kier alpha value is -1.95. The highest BCUT2D eigenvalue weighted by atomic mass is 32.2. The van der Waals surface area contributed by atoms with Crippen LogP contribution in [0.25, 0.3) is 11.3 Å². The molecule has 0 aliphatic carbocycles. The minimum absolute atomic E-state index is 0.0618. The third-order valence-corrected chi connectivity index (χ3v) is 3.48. The molecule has 1 aromatic carbocycles. The van der Waals surface area contributed by atoms with Gasteiger partial charge in [0.1, 0.15) is 5.82 Å². The lowest BCUT2D eigenvalue weighted by molar-refractivity contribution is -0.119. The van der Waals surface area contributed by atoms with Crippen molar-refractivity contribution >= 4 is 17.7 Å². The quantitative estimate of drug-likeness (QED) is 0.694. The van der Waals surface area contributed by atoms with Gasteiger partial charge in [-0.25, -0.2) is 14.4 Å². The van der Waals surface area contributed by atoms with Gasteiger partial charge >= 0.3 is 0 Å². The standard InChI is InChI=1S/C16H18FN3OS/c1-16(2,3)20-14(21)10-22-15-18-9-8-13(19-15)11-4-6-12(17)7-5-11/h4-9H,10H2,1-3H3,(H,20,21). The van der Waals surface area contributed by atoms with Crippen molar-refractivity contribution in [3.05, 3.63) is 42.3 Å². The number of rotatable bonds is 4. The Labute approximate surface area is 133 Å². The number of aromatic nitrogens is 2. The molecular formula is C16H18FN3OS. The summed E-state index contributed by atoms with van der Waals surface area (Å²) < 4.78 is 12.9. The number of nitrogens with one attached hydrogen (secondary N) is 1. The number of nitrogens with zero attached hydrogens (tertiary/aromatic N) is 2. The normalized spacial score (nSPS) is 11.3. The fraction of sp³-hybridized carbons (Fsp3) is 0.312. The van der Waals surface area contributed by atoms with E-state index in [0.29, 0.717) is 10.9 Å². The Morgan fingerprint density at radius 3 is 2.55 bits per heavy atom. The summed E-state index contributed by atoms with van der Waals surface area (Å²) in [4.78, 5) is 20.3. The highest BCUT2D eigenvalue weighted by molar-refractivity contribution is 7.99. The first-order valence-electron chi connectivity index (χ1n) is 6.86. The number of hydrogen-bond donors (Lipinski definition) is 1. The van der Waals surface area contributed by atoms with Gasteiger partial charge in [0.15, 0.2) is 5.16 Å². The summed E-state index contributed by atoms with van der Waals surface area (Å²) in [5, 5.41) is 3.40. The average Bonchev–Trinajstić information content (AvgIpc) is 2.44. The lowest BCUT2D eigenvalue weighted by atomic mass is 10.1. The molecule has 0 spiro atoms. The predicted octanol–water partition coefficient (Wildman–Crippen LogP) is 3.29. The van der Waals surface area contributed by atoms with Gasteiger partial charge in [0, 0.05) is 17.3 Å². The Morgan fingerprint density at radius 1 is 1.23 bits per heavy atom. The number of carbonyl (C=O) groups excluding carboxylic acids is 1. The summed E-state index contributed by atoms with van der Waals surface area (Å²) in [6.45, 7) is 5.80. The van der Waals surface area contributed by atoms with Crippen molar-refractivity contribution in [3.63, 3.8) is 0 Å². The van der Waals surface area contributed by atoms with Crippen LogP contribution >= 0.6 is 11.8 Å². The molecule has 4 nitrogen and oxygen atoms in total. The maximum Gasteiger partial charge on any atom is 0.230 e. The monoisotopic (exact) mass is 319 g/mol. The number of thioether (sulfide) groups is 1. The smallest absolute Gasteiger partial charge is 0.230 e.